The van der Waals surface area contributed by atoms with Crippen molar-refractivity contribution in [1.29, 1.82) is 0 Å². The molecule has 29 heavy (non-hydrogen) atoms. The zero-order chi connectivity index (χ0) is 21.1. The molecule has 1 aromatic heterocycles. The highest BCUT2D eigenvalue weighted by Gasteiger charge is 2.17. The van der Waals surface area contributed by atoms with Crippen LogP contribution in [0.25, 0.3) is 5.69 Å². The summed E-state index contributed by atoms with van der Waals surface area (Å²) in [5, 5.41) is 7.18. The van der Waals surface area contributed by atoms with Crippen LogP contribution in [0.4, 0.5) is 10.1 Å². The number of aromatic nitrogens is 2. The van der Waals surface area contributed by atoms with Crippen LogP contribution in [0.2, 0.25) is 5.02 Å². The Hall–Kier alpha value is -2.64. The van der Waals surface area contributed by atoms with Gasteiger partial charge in [0.15, 0.2) is 0 Å². The summed E-state index contributed by atoms with van der Waals surface area (Å²) in [6.45, 7) is 5.68. The molecule has 8 heteroatoms. The van der Waals surface area contributed by atoms with Gasteiger partial charge in [-0.25, -0.2) is 4.39 Å². The molecule has 0 aliphatic carbocycles. The molecule has 0 saturated carbocycles. The van der Waals surface area contributed by atoms with Gasteiger partial charge in [0.1, 0.15) is 10.8 Å². The third-order valence-corrected chi connectivity index (χ3v) is 5.71. The monoisotopic (exact) mass is 431 g/mol. The molecule has 2 aromatic carbocycles. The van der Waals surface area contributed by atoms with Gasteiger partial charge in [-0.3, -0.25) is 9.59 Å². The van der Waals surface area contributed by atoms with Gasteiger partial charge < -0.3 is 5.32 Å². The molecular weight excluding hydrogens is 413 g/mol. The molecule has 0 aliphatic rings. The second kappa shape index (κ2) is 8.80. The van der Waals surface area contributed by atoms with Crippen LogP contribution < -0.4 is 10.9 Å². The van der Waals surface area contributed by atoms with E-state index >= 15 is 0 Å². The van der Waals surface area contributed by atoms with E-state index in [2.05, 4.69) is 10.4 Å². The fourth-order valence-corrected chi connectivity index (χ4v) is 3.58. The van der Waals surface area contributed by atoms with Gasteiger partial charge in [0, 0.05) is 6.07 Å². The van der Waals surface area contributed by atoms with E-state index in [0.29, 0.717) is 16.4 Å². The van der Waals surface area contributed by atoms with Crippen molar-refractivity contribution in [2.75, 3.05) is 5.32 Å². The molecular formula is C21H19ClFN3O2S. The standard InChI is InChI=1S/C21H19ClFN3O2S/c1-12-4-6-16(10-13(12)2)26-20(27)9-8-19(25-26)29-14(3)21(28)24-18-7-5-15(23)11-17(18)22/h4-11,14H,1-3H3,(H,24,28)/t14-/m0/s1. The van der Waals surface area contributed by atoms with Gasteiger partial charge in [-0.15, -0.1) is 0 Å². The molecule has 1 N–H and O–H groups in total. The van der Waals surface area contributed by atoms with E-state index < -0.39 is 11.1 Å². The number of benzene rings is 2. The van der Waals surface area contributed by atoms with Gasteiger partial charge in [0.25, 0.3) is 5.56 Å². The summed E-state index contributed by atoms with van der Waals surface area (Å²) in [4.78, 5) is 24.7. The Bertz CT molecular complexity index is 1130. The van der Waals surface area contributed by atoms with Gasteiger partial charge in [-0.2, -0.15) is 9.78 Å². The first-order valence-electron chi connectivity index (χ1n) is 8.85. The maximum atomic E-state index is 13.2. The van der Waals surface area contributed by atoms with Crippen LogP contribution >= 0.6 is 23.4 Å². The quantitative estimate of drug-likeness (QED) is 0.591. The number of hydrogen-bond acceptors (Lipinski definition) is 4. The molecule has 3 aromatic rings. The van der Waals surface area contributed by atoms with E-state index in [4.69, 9.17) is 11.6 Å². The molecule has 3 rings (SSSR count). The molecule has 0 bridgehead atoms. The highest BCUT2D eigenvalue weighted by molar-refractivity contribution is 8.00. The summed E-state index contributed by atoms with van der Waals surface area (Å²) in [7, 11) is 0. The third kappa shape index (κ3) is 5.05. The van der Waals surface area contributed by atoms with E-state index in [0.717, 1.165) is 17.2 Å². The first-order chi connectivity index (χ1) is 13.7. The predicted molar refractivity (Wildman–Crippen MR) is 115 cm³/mol. The van der Waals surface area contributed by atoms with E-state index in [1.165, 1.54) is 34.6 Å². The van der Waals surface area contributed by atoms with Crippen molar-refractivity contribution in [1.82, 2.24) is 9.78 Å². The molecule has 0 fully saturated rings. The van der Waals surface area contributed by atoms with Crippen LogP contribution in [0.3, 0.4) is 0 Å². The Labute approximate surface area is 176 Å². The number of rotatable bonds is 5. The Morgan fingerprint density at radius 1 is 1.14 bits per heavy atom. The maximum absolute atomic E-state index is 13.2. The van der Waals surface area contributed by atoms with Crippen LogP contribution in [-0.4, -0.2) is 20.9 Å². The smallest absolute Gasteiger partial charge is 0.271 e. The predicted octanol–water partition coefficient (Wildman–Crippen LogP) is 4.76. The van der Waals surface area contributed by atoms with Gasteiger partial charge >= 0.3 is 0 Å². The lowest BCUT2D eigenvalue weighted by molar-refractivity contribution is -0.115. The first kappa shape index (κ1) is 21.1. The Kier molecular flexibility index (Phi) is 6.39. The van der Waals surface area contributed by atoms with Gasteiger partial charge in [-0.1, -0.05) is 29.4 Å². The second-order valence-corrected chi connectivity index (χ2v) is 8.33. The number of amides is 1. The maximum Gasteiger partial charge on any atom is 0.271 e. The lowest BCUT2D eigenvalue weighted by Crippen LogP contribution is -2.24. The molecule has 0 aliphatic heterocycles. The van der Waals surface area contributed by atoms with Crippen molar-refractivity contribution in [2.24, 2.45) is 0 Å². The second-order valence-electron chi connectivity index (χ2n) is 6.56. The summed E-state index contributed by atoms with van der Waals surface area (Å²) in [6, 6.07) is 12.4. The Morgan fingerprint density at radius 2 is 1.90 bits per heavy atom. The minimum absolute atomic E-state index is 0.122. The minimum atomic E-state index is -0.519. The molecule has 5 nitrogen and oxygen atoms in total. The lowest BCUT2D eigenvalue weighted by atomic mass is 10.1. The molecule has 1 amide bonds. The summed E-state index contributed by atoms with van der Waals surface area (Å²) in [5.74, 6) is -0.789. The van der Waals surface area contributed by atoms with Gasteiger partial charge in [-0.05, 0) is 68.3 Å². The molecule has 150 valence electrons. The number of nitrogens with one attached hydrogen (secondary N) is 1. The number of anilines is 1. The van der Waals surface area contributed by atoms with Crippen molar-refractivity contribution in [3.8, 4) is 5.69 Å². The molecule has 0 radical (unpaired) electrons. The summed E-state index contributed by atoms with van der Waals surface area (Å²) < 4.78 is 14.5. The van der Waals surface area contributed by atoms with Gasteiger partial charge in [0.2, 0.25) is 5.91 Å². The number of aryl methyl sites for hydroxylation is 2. The molecule has 0 spiro atoms. The van der Waals surface area contributed by atoms with E-state index in [1.807, 2.05) is 32.0 Å². The SMILES string of the molecule is Cc1ccc(-n2nc(S[C@@H](C)C(=O)Nc3ccc(F)cc3Cl)ccc2=O)cc1C. The minimum Gasteiger partial charge on any atom is -0.324 e. The topological polar surface area (TPSA) is 64.0 Å². The number of hydrogen-bond donors (Lipinski definition) is 1. The van der Waals surface area contributed by atoms with Crippen molar-refractivity contribution in [2.45, 2.75) is 31.0 Å². The average Bonchev–Trinajstić information content (AvgIpc) is 2.67. The number of carbonyl (C=O) groups excluding carboxylic acids is 1. The highest BCUT2D eigenvalue weighted by atomic mass is 35.5. The summed E-state index contributed by atoms with van der Waals surface area (Å²) >= 11 is 7.16. The summed E-state index contributed by atoms with van der Waals surface area (Å²) in [6.07, 6.45) is 0. The van der Waals surface area contributed by atoms with Crippen LogP contribution in [0.15, 0.2) is 58.4 Å². The third-order valence-electron chi connectivity index (χ3n) is 4.37. The Morgan fingerprint density at radius 3 is 2.59 bits per heavy atom. The van der Waals surface area contributed by atoms with Crippen molar-refractivity contribution >= 4 is 35.0 Å². The van der Waals surface area contributed by atoms with Gasteiger partial charge in [0.05, 0.1) is 21.6 Å². The van der Waals surface area contributed by atoms with Crippen molar-refractivity contribution in [3.05, 3.63) is 80.9 Å². The van der Waals surface area contributed by atoms with Crippen LogP contribution in [0.5, 0.6) is 0 Å². The molecule has 1 atom stereocenters. The lowest BCUT2D eigenvalue weighted by Gasteiger charge is -2.13. The average molecular weight is 432 g/mol. The zero-order valence-corrected chi connectivity index (χ0v) is 17.6. The van der Waals surface area contributed by atoms with Crippen LogP contribution in [0, 0.1) is 19.7 Å². The number of carbonyl (C=O) groups is 1. The van der Waals surface area contributed by atoms with E-state index in [-0.39, 0.29) is 16.5 Å². The van der Waals surface area contributed by atoms with Crippen molar-refractivity contribution in [3.63, 3.8) is 0 Å². The fraction of sp³-hybridized carbons (Fsp3) is 0.190. The molecule has 0 unspecified atom stereocenters. The first-order valence-corrected chi connectivity index (χ1v) is 10.1. The molecule has 1 heterocycles. The zero-order valence-electron chi connectivity index (χ0n) is 16.1. The van der Waals surface area contributed by atoms with E-state index in [9.17, 15) is 14.0 Å². The number of halogens is 2. The molecule has 0 saturated heterocycles. The highest BCUT2D eigenvalue weighted by Crippen LogP contribution is 2.26. The van der Waals surface area contributed by atoms with Crippen molar-refractivity contribution < 1.29 is 9.18 Å². The number of nitrogens with zero attached hydrogens (tertiary/aromatic N) is 2. The normalized spacial score (nSPS) is 11.9. The van der Waals surface area contributed by atoms with Crippen LogP contribution in [0.1, 0.15) is 18.1 Å². The van der Waals surface area contributed by atoms with E-state index in [1.54, 1.807) is 13.0 Å². The largest absolute Gasteiger partial charge is 0.324 e. The number of thioether (sulfide) groups is 1. The van der Waals surface area contributed by atoms with Crippen LogP contribution in [-0.2, 0) is 4.79 Å². The summed E-state index contributed by atoms with van der Waals surface area (Å²) in [5.41, 5.74) is 2.91. The fourth-order valence-electron chi connectivity index (χ4n) is 2.56. The Balaban J connectivity index is 1.78.